The molecular weight excluding hydrogens is 196 g/mol. The standard InChI is InChI=1S/C9H14N4O2/c1-13(4-8-10-6-11-12-8)9(14)7-2-3-15-5-7/h6-7H,2-5H2,1H3,(H,10,11,12). The van der Waals surface area contributed by atoms with E-state index in [1.54, 1.807) is 11.9 Å². The van der Waals surface area contributed by atoms with Crippen molar-refractivity contribution in [3.05, 3.63) is 12.2 Å². The number of carbonyl (C=O) groups is 1. The number of hydrogen-bond acceptors (Lipinski definition) is 4. The summed E-state index contributed by atoms with van der Waals surface area (Å²) in [7, 11) is 1.77. The Bertz CT molecular complexity index is 319. The summed E-state index contributed by atoms with van der Waals surface area (Å²) in [6, 6.07) is 0. The lowest BCUT2D eigenvalue weighted by Crippen LogP contribution is -2.33. The second-order valence-corrected chi connectivity index (χ2v) is 3.69. The summed E-state index contributed by atoms with van der Waals surface area (Å²) < 4.78 is 5.18. The number of ether oxygens (including phenoxy) is 1. The van der Waals surface area contributed by atoms with Crippen molar-refractivity contribution in [2.45, 2.75) is 13.0 Å². The molecule has 1 unspecified atom stereocenters. The summed E-state index contributed by atoms with van der Waals surface area (Å²) >= 11 is 0. The van der Waals surface area contributed by atoms with Gasteiger partial charge in [-0.2, -0.15) is 5.10 Å². The van der Waals surface area contributed by atoms with Gasteiger partial charge in [-0.1, -0.05) is 0 Å². The van der Waals surface area contributed by atoms with Crippen molar-refractivity contribution >= 4 is 5.91 Å². The zero-order valence-corrected chi connectivity index (χ0v) is 8.64. The number of nitrogens with one attached hydrogen (secondary N) is 1. The Morgan fingerprint density at radius 2 is 2.67 bits per heavy atom. The molecule has 0 spiro atoms. The lowest BCUT2D eigenvalue weighted by atomic mass is 10.1. The molecule has 0 aromatic carbocycles. The predicted octanol–water partition coefficient (Wildman–Crippen LogP) is -0.200. The average Bonchev–Trinajstić information content (AvgIpc) is 2.88. The molecule has 6 nitrogen and oxygen atoms in total. The van der Waals surface area contributed by atoms with Crippen LogP contribution in [0.1, 0.15) is 12.2 Å². The van der Waals surface area contributed by atoms with Gasteiger partial charge in [0.05, 0.1) is 19.1 Å². The molecule has 0 radical (unpaired) electrons. The van der Waals surface area contributed by atoms with Crippen LogP contribution in [0.15, 0.2) is 6.33 Å². The molecular formula is C9H14N4O2. The number of rotatable bonds is 3. The molecule has 2 rings (SSSR count). The number of carbonyl (C=O) groups excluding carboxylic acids is 1. The molecule has 0 aliphatic carbocycles. The number of aromatic nitrogens is 3. The van der Waals surface area contributed by atoms with E-state index in [0.717, 1.165) is 6.42 Å². The Labute approximate surface area is 87.6 Å². The highest BCUT2D eigenvalue weighted by Gasteiger charge is 2.26. The average molecular weight is 210 g/mol. The first-order valence-corrected chi connectivity index (χ1v) is 4.94. The summed E-state index contributed by atoms with van der Waals surface area (Å²) in [5, 5.41) is 6.46. The monoisotopic (exact) mass is 210 g/mol. The molecule has 1 aliphatic rings. The van der Waals surface area contributed by atoms with Gasteiger partial charge in [-0.25, -0.2) is 4.98 Å². The number of hydrogen-bond donors (Lipinski definition) is 1. The van der Waals surface area contributed by atoms with Gasteiger partial charge in [0.1, 0.15) is 12.2 Å². The van der Waals surface area contributed by atoms with E-state index in [2.05, 4.69) is 15.2 Å². The summed E-state index contributed by atoms with van der Waals surface area (Å²) in [5.74, 6) is 0.826. The van der Waals surface area contributed by atoms with Gasteiger partial charge in [-0.05, 0) is 6.42 Å². The molecule has 2 heterocycles. The number of nitrogens with zero attached hydrogens (tertiary/aromatic N) is 3. The summed E-state index contributed by atoms with van der Waals surface area (Å²) in [6.45, 7) is 1.70. The van der Waals surface area contributed by atoms with Crippen LogP contribution in [-0.4, -0.2) is 46.2 Å². The summed E-state index contributed by atoms with van der Waals surface area (Å²) in [5.41, 5.74) is 0. The normalized spacial score (nSPS) is 20.5. The van der Waals surface area contributed by atoms with Crippen LogP contribution >= 0.6 is 0 Å². The largest absolute Gasteiger partial charge is 0.381 e. The molecule has 0 bridgehead atoms. The molecule has 1 aromatic heterocycles. The maximum Gasteiger partial charge on any atom is 0.228 e. The third kappa shape index (κ3) is 2.33. The Morgan fingerprint density at radius 3 is 3.27 bits per heavy atom. The van der Waals surface area contributed by atoms with E-state index in [-0.39, 0.29) is 11.8 Å². The van der Waals surface area contributed by atoms with Crippen LogP contribution < -0.4 is 0 Å². The highest BCUT2D eigenvalue weighted by molar-refractivity contribution is 5.78. The zero-order valence-electron chi connectivity index (χ0n) is 8.64. The molecule has 1 aromatic rings. The molecule has 1 aliphatic heterocycles. The first-order chi connectivity index (χ1) is 7.27. The second-order valence-electron chi connectivity index (χ2n) is 3.69. The van der Waals surface area contributed by atoms with Gasteiger partial charge in [0.25, 0.3) is 0 Å². The van der Waals surface area contributed by atoms with Crippen LogP contribution in [0.2, 0.25) is 0 Å². The number of amides is 1. The van der Waals surface area contributed by atoms with Crippen LogP contribution in [-0.2, 0) is 16.1 Å². The van der Waals surface area contributed by atoms with Crippen molar-refractivity contribution < 1.29 is 9.53 Å². The van der Waals surface area contributed by atoms with Crippen LogP contribution in [0, 0.1) is 5.92 Å². The third-order valence-corrected chi connectivity index (χ3v) is 2.51. The maximum absolute atomic E-state index is 11.9. The minimum atomic E-state index is 0.0120. The SMILES string of the molecule is CN(Cc1ncn[nH]1)C(=O)C1CCOC1. The van der Waals surface area contributed by atoms with Crippen molar-refractivity contribution in [1.29, 1.82) is 0 Å². The van der Waals surface area contributed by atoms with Gasteiger partial charge in [0.15, 0.2) is 0 Å². The van der Waals surface area contributed by atoms with Gasteiger partial charge >= 0.3 is 0 Å². The maximum atomic E-state index is 11.9. The first kappa shape index (κ1) is 10.1. The molecule has 1 amide bonds. The lowest BCUT2D eigenvalue weighted by Gasteiger charge is -2.18. The van der Waals surface area contributed by atoms with E-state index in [4.69, 9.17) is 4.74 Å². The van der Waals surface area contributed by atoms with E-state index in [1.807, 2.05) is 0 Å². The van der Waals surface area contributed by atoms with Gasteiger partial charge in [0, 0.05) is 13.7 Å². The molecule has 1 atom stereocenters. The Kier molecular flexibility index (Phi) is 2.96. The first-order valence-electron chi connectivity index (χ1n) is 4.94. The Hall–Kier alpha value is -1.43. The van der Waals surface area contributed by atoms with Crippen molar-refractivity contribution in [3.63, 3.8) is 0 Å². The molecule has 1 N–H and O–H groups in total. The Morgan fingerprint density at radius 1 is 1.80 bits per heavy atom. The summed E-state index contributed by atoms with van der Waals surface area (Å²) in [4.78, 5) is 17.5. The summed E-state index contributed by atoms with van der Waals surface area (Å²) in [6.07, 6.45) is 2.26. The molecule has 6 heteroatoms. The van der Waals surface area contributed by atoms with E-state index in [0.29, 0.717) is 25.6 Å². The molecule has 1 saturated heterocycles. The third-order valence-electron chi connectivity index (χ3n) is 2.51. The predicted molar refractivity (Wildman–Crippen MR) is 51.8 cm³/mol. The second kappa shape index (κ2) is 4.39. The van der Waals surface area contributed by atoms with Crippen molar-refractivity contribution in [1.82, 2.24) is 20.1 Å². The van der Waals surface area contributed by atoms with E-state index >= 15 is 0 Å². The number of H-pyrrole nitrogens is 1. The van der Waals surface area contributed by atoms with Crippen molar-refractivity contribution in [3.8, 4) is 0 Å². The zero-order chi connectivity index (χ0) is 10.7. The van der Waals surface area contributed by atoms with Gasteiger partial charge in [-0.3, -0.25) is 9.89 Å². The van der Waals surface area contributed by atoms with Gasteiger partial charge in [-0.15, -0.1) is 0 Å². The van der Waals surface area contributed by atoms with E-state index < -0.39 is 0 Å². The van der Waals surface area contributed by atoms with E-state index in [9.17, 15) is 4.79 Å². The fourth-order valence-corrected chi connectivity index (χ4v) is 1.65. The van der Waals surface area contributed by atoms with Crippen molar-refractivity contribution in [2.75, 3.05) is 20.3 Å². The number of aromatic amines is 1. The minimum absolute atomic E-state index is 0.0120. The van der Waals surface area contributed by atoms with Crippen LogP contribution in [0.25, 0.3) is 0 Å². The topological polar surface area (TPSA) is 71.1 Å². The highest BCUT2D eigenvalue weighted by Crippen LogP contribution is 2.15. The van der Waals surface area contributed by atoms with Crippen LogP contribution in [0.4, 0.5) is 0 Å². The molecule has 1 fully saturated rings. The quantitative estimate of drug-likeness (QED) is 0.750. The fourth-order valence-electron chi connectivity index (χ4n) is 1.65. The lowest BCUT2D eigenvalue weighted by molar-refractivity contribution is -0.134. The molecule has 0 saturated carbocycles. The van der Waals surface area contributed by atoms with Crippen LogP contribution in [0.3, 0.4) is 0 Å². The van der Waals surface area contributed by atoms with Gasteiger partial charge in [0.2, 0.25) is 5.91 Å². The van der Waals surface area contributed by atoms with E-state index in [1.165, 1.54) is 6.33 Å². The highest BCUT2D eigenvalue weighted by atomic mass is 16.5. The van der Waals surface area contributed by atoms with Crippen molar-refractivity contribution in [2.24, 2.45) is 5.92 Å². The fraction of sp³-hybridized carbons (Fsp3) is 0.667. The van der Waals surface area contributed by atoms with Gasteiger partial charge < -0.3 is 9.64 Å². The molecule has 82 valence electrons. The van der Waals surface area contributed by atoms with Crippen LogP contribution in [0.5, 0.6) is 0 Å². The minimum Gasteiger partial charge on any atom is -0.381 e. The smallest absolute Gasteiger partial charge is 0.228 e. The Balaban J connectivity index is 1.89. The molecule has 15 heavy (non-hydrogen) atoms.